The largest absolute Gasteiger partial charge is 0.343 e. The normalized spacial score (nSPS) is 13.0. The molecule has 0 radical (unpaired) electrons. The summed E-state index contributed by atoms with van der Waals surface area (Å²) in [7, 11) is 0. The van der Waals surface area contributed by atoms with E-state index in [0.717, 1.165) is 23.2 Å². The number of benzene rings is 4. The van der Waals surface area contributed by atoms with Gasteiger partial charge in [0, 0.05) is 18.3 Å². The van der Waals surface area contributed by atoms with E-state index in [1.165, 1.54) is 21.4 Å². The fourth-order valence-electron chi connectivity index (χ4n) is 4.86. The van der Waals surface area contributed by atoms with Crippen LogP contribution in [0.5, 0.6) is 0 Å². The van der Waals surface area contributed by atoms with Crippen molar-refractivity contribution >= 4 is 22.7 Å². The standard InChI is InChI=1S/C30H22N2O2/c33-29-26-14-6-7-15-27(26)30(34)32(29)20-23-11-2-5-13-25(23)24-12-4-1-10-22(24)19-31-18-17-21-9-3-8-16-28(21)31/h1-18H,19-20H2. The maximum Gasteiger partial charge on any atom is 0.261 e. The summed E-state index contributed by atoms with van der Waals surface area (Å²) in [5.74, 6) is -0.468. The molecule has 0 fully saturated rings. The fourth-order valence-corrected chi connectivity index (χ4v) is 4.86. The predicted octanol–water partition coefficient (Wildman–Crippen LogP) is 6.15. The molecule has 4 aromatic carbocycles. The molecule has 0 saturated carbocycles. The molecular weight excluding hydrogens is 420 g/mol. The summed E-state index contributed by atoms with van der Waals surface area (Å²) >= 11 is 0. The SMILES string of the molecule is O=C1c2ccccc2C(=O)N1Cc1ccccc1-c1ccccc1Cn1ccc2ccccc21. The number of rotatable bonds is 5. The van der Waals surface area contributed by atoms with Gasteiger partial charge in [0.2, 0.25) is 0 Å². The van der Waals surface area contributed by atoms with Gasteiger partial charge in [0.05, 0.1) is 17.7 Å². The number of imide groups is 1. The highest BCUT2D eigenvalue weighted by molar-refractivity contribution is 6.21. The Morgan fingerprint density at radius 3 is 1.65 bits per heavy atom. The second-order valence-electron chi connectivity index (χ2n) is 8.56. The summed E-state index contributed by atoms with van der Waals surface area (Å²) in [6, 6.07) is 33.9. The van der Waals surface area contributed by atoms with Crippen molar-refractivity contribution in [2.24, 2.45) is 0 Å². The van der Waals surface area contributed by atoms with E-state index in [1.54, 1.807) is 24.3 Å². The first-order chi connectivity index (χ1) is 16.7. The fraction of sp³-hybridized carbons (Fsp3) is 0.0667. The van der Waals surface area contributed by atoms with E-state index in [2.05, 4.69) is 65.4 Å². The van der Waals surface area contributed by atoms with E-state index in [-0.39, 0.29) is 18.4 Å². The van der Waals surface area contributed by atoms with Gasteiger partial charge >= 0.3 is 0 Å². The maximum absolute atomic E-state index is 13.0. The summed E-state index contributed by atoms with van der Waals surface area (Å²) in [4.78, 5) is 27.3. The quantitative estimate of drug-likeness (QED) is 0.306. The Hall–Kier alpha value is -4.44. The van der Waals surface area contributed by atoms with Crippen LogP contribution in [-0.4, -0.2) is 21.3 Å². The zero-order valence-electron chi connectivity index (χ0n) is 18.5. The van der Waals surface area contributed by atoms with Crippen LogP contribution in [0, 0.1) is 0 Å². The average molecular weight is 443 g/mol. The van der Waals surface area contributed by atoms with Gasteiger partial charge in [-0.3, -0.25) is 14.5 Å². The average Bonchev–Trinajstić information content (AvgIpc) is 3.39. The first kappa shape index (κ1) is 20.2. The van der Waals surface area contributed by atoms with Gasteiger partial charge in [-0.1, -0.05) is 78.9 Å². The first-order valence-corrected chi connectivity index (χ1v) is 11.4. The Labute approximate surface area is 197 Å². The molecule has 0 atom stereocenters. The van der Waals surface area contributed by atoms with Gasteiger partial charge < -0.3 is 4.57 Å². The zero-order chi connectivity index (χ0) is 23.1. The molecule has 164 valence electrons. The third-order valence-corrected chi connectivity index (χ3v) is 6.55. The van der Waals surface area contributed by atoms with Gasteiger partial charge in [0.15, 0.2) is 0 Å². The number of hydrogen-bond acceptors (Lipinski definition) is 2. The molecule has 4 heteroatoms. The molecule has 0 N–H and O–H groups in total. The summed E-state index contributed by atoms with van der Waals surface area (Å²) in [6.45, 7) is 0.967. The number of aromatic nitrogens is 1. The smallest absolute Gasteiger partial charge is 0.261 e. The number of nitrogens with zero attached hydrogens (tertiary/aromatic N) is 2. The minimum atomic E-state index is -0.234. The van der Waals surface area contributed by atoms with Crippen molar-refractivity contribution < 1.29 is 9.59 Å². The molecule has 6 rings (SSSR count). The highest BCUT2D eigenvalue weighted by Crippen LogP contribution is 2.32. The first-order valence-electron chi connectivity index (χ1n) is 11.4. The van der Waals surface area contributed by atoms with Gasteiger partial charge in [-0.15, -0.1) is 0 Å². The third kappa shape index (κ3) is 3.32. The van der Waals surface area contributed by atoms with Crippen LogP contribution < -0.4 is 0 Å². The lowest BCUT2D eigenvalue weighted by Crippen LogP contribution is -2.29. The van der Waals surface area contributed by atoms with Crippen LogP contribution in [0.1, 0.15) is 31.8 Å². The lowest BCUT2D eigenvalue weighted by molar-refractivity contribution is 0.0642. The molecule has 0 bridgehead atoms. The molecule has 1 aliphatic heterocycles. The summed E-state index contributed by atoms with van der Waals surface area (Å²) in [5, 5.41) is 1.21. The number of para-hydroxylation sites is 1. The monoisotopic (exact) mass is 442 g/mol. The molecule has 2 amide bonds. The van der Waals surface area contributed by atoms with E-state index in [0.29, 0.717) is 11.1 Å². The van der Waals surface area contributed by atoms with Gasteiger partial charge in [-0.2, -0.15) is 0 Å². The van der Waals surface area contributed by atoms with E-state index in [9.17, 15) is 9.59 Å². The molecular formula is C30H22N2O2. The summed E-state index contributed by atoms with van der Waals surface area (Å²) in [5.41, 5.74) is 6.41. The Bertz CT molecular complexity index is 1530. The number of hydrogen-bond donors (Lipinski definition) is 0. The van der Waals surface area contributed by atoms with Gasteiger partial charge in [0.1, 0.15) is 0 Å². The number of amides is 2. The summed E-state index contributed by atoms with van der Waals surface area (Å²) in [6.07, 6.45) is 2.12. The van der Waals surface area contributed by atoms with Crippen LogP contribution in [-0.2, 0) is 13.1 Å². The van der Waals surface area contributed by atoms with E-state index in [4.69, 9.17) is 0 Å². The van der Waals surface area contributed by atoms with Gasteiger partial charge in [0.25, 0.3) is 11.8 Å². The predicted molar refractivity (Wildman–Crippen MR) is 134 cm³/mol. The van der Waals surface area contributed by atoms with E-state index < -0.39 is 0 Å². The topological polar surface area (TPSA) is 42.3 Å². The summed E-state index contributed by atoms with van der Waals surface area (Å²) < 4.78 is 2.25. The van der Waals surface area contributed by atoms with Crippen LogP contribution in [0.25, 0.3) is 22.0 Å². The molecule has 0 saturated heterocycles. The second-order valence-corrected chi connectivity index (χ2v) is 8.56. The molecule has 5 aromatic rings. The molecule has 0 unspecified atom stereocenters. The highest BCUT2D eigenvalue weighted by atomic mass is 16.2. The zero-order valence-corrected chi connectivity index (χ0v) is 18.5. The minimum absolute atomic E-state index is 0.234. The number of carbonyl (C=O) groups excluding carboxylic acids is 2. The van der Waals surface area contributed by atoms with Crippen molar-refractivity contribution in [3.05, 3.63) is 132 Å². The van der Waals surface area contributed by atoms with Crippen LogP contribution >= 0.6 is 0 Å². The van der Waals surface area contributed by atoms with E-state index >= 15 is 0 Å². The molecule has 1 aliphatic rings. The molecule has 0 spiro atoms. The number of carbonyl (C=O) groups is 2. The lowest BCUT2D eigenvalue weighted by atomic mass is 9.95. The number of fused-ring (bicyclic) bond motifs is 2. The Balaban J connectivity index is 1.37. The minimum Gasteiger partial charge on any atom is -0.343 e. The lowest BCUT2D eigenvalue weighted by Gasteiger charge is -2.19. The Morgan fingerprint density at radius 1 is 0.500 bits per heavy atom. The molecule has 4 nitrogen and oxygen atoms in total. The highest BCUT2D eigenvalue weighted by Gasteiger charge is 2.35. The van der Waals surface area contributed by atoms with Gasteiger partial charge in [-0.05, 0) is 51.9 Å². The van der Waals surface area contributed by atoms with E-state index in [1.807, 2.05) is 24.3 Å². The second kappa shape index (κ2) is 8.16. The molecule has 1 aromatic heterocycles. The Kier molecular flexibility index (Phi) is 4.84. The van der Waals surface area contributed by atoms with Crippen LogP contribution in [0.2, 0.25) is 0 Å². The maximum atomic E-state index is 13.0. The van der Waals surface area contributed by atoms with Crippen molar-refractivity contribution in [3.63, 3.8) is 0 Å². The van der Waals surface area contributed by atoms with Crippen molar-refractivity contribution in [1.29, 1.82) is 0 Å². The molecule has 0 aliphatic carbocycles. The Morgan fingerprint density at radius 2 is 1.00 bits per heavy atom. The van der Waals surface area contributed by atoms with Crippen molar-refractivity contribution in [2.45, 2.75) is 13.1 Å². The van der Waals surface area contributed by atoms with Gasteiger partial charge in [-0.25, -0.2) is 0 Å². The van der Waals surface area contributed by atoms with Crippen LogP contribution in [0.3, 0.4) is 0 Å². The molecule has 2 heterocycles. The van der Waals surface area contributed by atoms with Crippen LogP contribution in [0.15, 0.2) is 109 Å². The van der Waals surface area contributed by atoms with Crippen molar-refractivity contribution in [2.75, 3.05) is 0 Å². The third-order valence-electron chi connectivity index (χ3n) is 6.55. The van der Waals surface area contributed by atoms with Crippen LogP contribution in [0.4, 0.5) is 0 Å². The van der Waals surface area contributed by atoms with Crippen molar-refractivity contribution in [1.82, 2.24) is 9.47 Å². The molecule has 34 heavy (non-hydrogen) atoms. The van der Waals surface area contributed by atoms with Crippen molar-refractivity contribution in [3.8, 4) is 11.1 Å².